The van der Waals surface area contributed by atoms with Crippen molar-refractivity contribution in [2.24, 2.45) is 0 Å². The van der Waals surface area contributed by atoms with Crippen LogP contribution in [-0.2, 0) is 12.5 Å². The Morgan fingerprint density at radius 1 is 0.812 bits per heavy atom. The van der Waals surface area contributed by atoms with Crippen LogP contribution in [0.2, 0.25) is 0 Å². The van der Waals surface area contributed by atoms with E-state index in [4.69, 9.17) is 0 Å². The first-order valence-corrected chi connectivity index (χ1v) is 9.29. The molecule has 0 fully saturated rings. The van der Waals surface area contributed by atoms with Crippen molar-refractivity contribution in [1.29, 1.82) is 0 Å². The molecule has 0 heterocycles. The molecule has 0 amide bonds. The van der Waals surface area contributed by atoms with Gasteiger partial charge in [0.15, 0.2) is 17.4 Å². The molecule has 0 atom stereocenters. The van der Waals surface area contributed by atoms with Crippen LogP contribution in [0.25, 0.3) is 0 Å². The number of hydrogen-bond donors (Lipinski definition) is 0. The van der Waals surface area contributed by atoms with Crippen LogP contribution >= 0.6 is 0 Å². The van der Waals surface area contributed by atoms with Gasteiger partial charge in [-0.05, 0) is 30.5 Å². The molecule has 0 N–H and O–H groups in total. The quantitative estimate of drug-likeness (QED) is 0.213. The maximum Gasteiger partial charge on any atom is 0.432 e. The molecule has 0 saturated heterocycles. The number of alkyl halides is 5. The summed E-state index contributed by atoms with van der Waals surface area (Å²) in [6.45, 7) is 1.91. The molecule has 32 heavy (non-hydrogen) atoms. The van der Waals surface area contributed by atoms with Crippen LogP contribution in [0.5, 0.6) is 11.5 Å². The second kappa shape index (κ2) is 10.2. The fourth-order valence-corrected chi connectivity index (χ4v) is 2.71. The number of benzene rings is 2. The normalized spacial score (nSPS) is 12.4. The van der Waals surface area contributed by atoms with E-state index in [1.807, 2.05) is 6.92 Å². The second-order valence-corrected chi connectivity index (χ2v) is 6.69. The first kappa shape index (κ1) is 25.4. The summed E-state index contributed by atoms with van der Waals surface area (Å²) in [7, 11) is 0. The Balaban J connectivity index is 2.25. The molecule has 0 aliphatic carbocycles. The predicted octanol–water partition coefficient (Wildman–Crippen LogP) is 7.56. The maximum atomic E-state index is 14.4. The van der Waals surface area contributed by atoms with E-state index in [2.05, 4.69) is 9.47 Å². The molecule has 2 aromatic rings. The third kappa shape index (κ3) is 6.83. The molecule has 0 spiro atoms. The number of aryl methyl sites for hydroxylation is 1. The van der Waals surface area contributed by atoms with Crippen LogP contribution in [0, 0.1) is 23.3 Å². The number of hydrogen-bond acceptors (Lipinski definition) is 2. The number of halogens is 9. The minimum atomic E-state index is -4.82. The van der Waals surface area contributed by atoms with Crippen molar-refractivity contribution >= 4 is 0 Å². The van der Waals surface area contributed by atoms with E-state index >= 15 is 0 Å². The van der Waals surface area contributed by atoms with E-state index in [0.29, 0.717) is 6.42 Å². The van der Waals surface area contributed by atoms with Gasteiger partial charge in [-0.3, -0.25) is 0 Å². The minimum Gasteiger partial charge on any atom is -0.459 e. The number of ether oxygens (including phenoxy) is 2. The van der Waals surface area contributed by atoms with Crippen molar-refractivity contribution in [2.45, 2.75) is 44.9 Å². The van der Waals surface area contributed by atoms with E-state index in [-0.39, 0.29) is 30.4 Å². The summed E-state index contributed by atoms with van der Waals surface area (Å²) in [6.07, 6.45) is -7.53. The molecule has 0 saturated carbocycles. The summed E-state index contributed by atoms with van der Waals surface area (Å²) < 4.78 is 129. The van der Waals surface area contributed by atoms with Gasteiger partial charge in [-0.25, -0.2) is 17.6 Å². The number of allylic oxidation sites excluding steroid dienone is 1. The van der Waals surface area contributed by atoms with Gasteiger partial charge >= 0.3 is 12.3 Å². The molecule has 2 nitrogen and oxygen atoms in total. The van der Waals surface area contributed by atoms with Crippen molar-refractivity contribution < 1.29 is 49.0 Å². The molecule has 2 aromatic carbocycles. The van der Waals surface area contributed by atoms with Crippen molar-refractivity contribution in [2.75, 3.05) is 0 Å². The Labute approximate surface area is 177 Å². The predicted molar refractivity (Wildman–Crippen MR) is 96.3 cm³/mol. The van der Waals surface area contributed by atoms with Crippen LogP contribution in [-0.4, -0.2) is 6.18 Å². The molecule has 0 aliphatic heterocycles. The van der Waals surface area contributed by atoms with Crippen LogP contribution in [0.4, 0.5) is 39.5 Å². The average molecular weight is 472 g/mol. The minimum absolute atomic E-state index is 0.0521. The molecular weight excluding hydrogens is 455 g/mol. The Hall–Kier alpha value is -2.85. The molecule has 11 heteroatoms. The molecule has 0 radical (unpaired) electrons. The average Bonchev–Trinajstić information content (AvgIpc) is 2.62. The van der Waals surface area contributed by atoms with Crippen molar-refractivity contribution in [3.63, 3.8) is 0 Å². The van der Waals surface area contributed by atoms with Gasteiger partial charge in [-0.2, -0.15) is 22.0 Å². The fraction of sp³-hybridized carbons (Fsp3) is 0.333. The lowest BCUT2D eigenvalue weighted by atomic mass is 10.0. The van der Waals surface area contributed by atoms with Gasteiger partial charge in [0, 0.05) is 12.1 Å². The molecule has 0 bridgehead atoms. The van der Waals surface area contributed by atoms with Gasteiger partial charge in [0.25, 0.3) is 0 Å². The highest BCUT2D eigenvalue weighted by atomic mass is 19.4. The van der Waals surface area contributed by atoms with Gasteiger partial charge in [-0.1, -0.05) is 19.8 Å². The van der Waals surface area contributed by atoms with E-state index in [1.54, 1.807) is 0 Å². The van der Waals surface area contributed by atoms with Crippen LogP contribution in [0.3, 0.4) is 0 Å². The molecule has 0 unspecified atom stereocenters. The third-order valence-corrected chi connectivity index (χ3v) is 4.12. The zero-order valence-electron chi connectivity index (χ0n) is 16.5. The zero-order chi connectivity index (χ0) is 24.1. The van der Waals surface area contributed by atoms with Crippen molar-refractivity contribution in [1.82, 2.24) is 0 Å². The summed E-state index contributed by atoms with van der Waals surface area (Å²) in [5.74, 6) is -9.10. The van der Waals surface area contributed by atoms with Gasteiger partial charge < -0.3 is 9.47 Å². The van der Waals surface area contributed by atoms with Crippen molar-refractivity contribution in [3.8, 4) is 11.5 Å². The van der Waals surface area contributed by atoms with E-state index in [9.17, 15) is 39.5 Å². The first-order valence-electron chi connectivity index (χ1n) is 9.29. The first-order chi connectivity index (χ1) is 14.8. The smallest absolute Gasteiger partial charge is 0.432 e. The molecule has 176 valence electrons. The summed E-state index contributed by atoms with van der Waals surface area (Å²) in [5.41, 5.74) is -1.61. The Morgan fingerprint density at radius 3 is 1.88 bits per heavy atom. The molecular formula is C21H17F9O2. The highest BCUT2D eigenvalue weighted by Gasteiger charge is 2.41. The van der Waals surface area contributed by atoms with Gasteiger partial charge in [-0.15, -0.1) is 0 Å². The van der Waals surface area contributed by atoms with Crippen molar-refractivity contribution in [3.05, 3.63) is 71.0 Å². The molecule has 0 aliphatic rings. The highest BCUT2D eigenvalue weighted by Crippen LogP contribution is 2.37. The highest BCUT2D eigenvalue weighted by molar-refractivity contribution is 5.36. The topological polar surface area (TPSA) is 18.5 Å². The Morgan fingerprint density at radius 2 is 1.38 bits per heavy atom. The van der Waals surface area contributed by atoms with Gasteiger partial charge in [0.1, 0.15) is 22.9 Å². The largest absolute Gasteiger partial charge is 0.459 e. The summed E-state index contributed by atoms with van der Waals surface area (Å²) in [4.78, 5) is 0. The van der Waals surface area contributed by atoms with Gasteiger partial charge in [0.05, 0.1) is 12.3 Å². The summed E-state index contributed by atoms with van der Waals surface area (Å²) in [5, 5.41) is 0. The van der Waals surface area contributed by atoms with E-state index < -0.39 is 58.7 Å². The third-order valence-electron chi connectivity index (χ3n) is 4.12. The standard InChI is InChI=1S/C21H17F9O2/c1-2-3-4-5-12-8-14(22)18(15(23)9-12)21(29,30)32-13-10-16(24)19(17(25)11-13)31-7-6-20(26,27)28/h6-11H,2-5H2,1H3. The lowest BCUT2D eigenvalue weighted by molar-refractivity contribution is -0.189. The monoisotopic (exact) mass is 472 g/mol. The SMILES string of the molecule is CCCCCc1cc(F)c(C(F)(F)Oc2cc(F)c(OC=CC(F)(F)F)c(F)c2)c(F)c1. The van der Waals surface area contributed by atoms with Crippen LogP contribution in [0.15, 0.2) is 36.6 Å². The van der Waals surface area contributed by atoms with E-state index in [1.165, 1.54) is 0 Å². The fourth-order valence-electron chi connectivity index (χ4n) is 2.71. The Bertz CT molecular complexity index is 922. The zero-order valence-corrected chi connectivity index (χ0v) is 16.5. The van der Waals surface area contributed by atoms with Crippen LogP contribution in [0.1, 0.15) is 37.3 Å². The number of unbranched alkanes of at least 4 members (excludes halogenated alkanes) is 2. The lowest BCUT2D eigenvalue weighted by Crippen LogP contribution is -2.25. The number of rotatable bonds is 9. The molecule has 0 aromatic heterocycles. The molecule has 2 rings (SSSR count). The second-order valence-electron chi connectivity index (χ2n) is 6.69. The van der Waals surface area contributed by atoms with Gasteiger partial charge in [0.2, 0.25) is 0 Å². The maximum absolute atomic E-state index is 14.4. The Kier molecular flexibility index (Phi) is 8.08. The van der Waals surface area contributed by atoms with E-state index in [0.717, 1.165) is 25.0 Å². The lowest BCUT2D eigenvalue weighted by Gasteiger charge is -2.20. The van der Waals surface area contributed by atoms with Crippen LogP contribution < -0.4 is 9.47 Å². The summed E-state index contributed by atoms with van der Waals surface area (Å²) in [6, 6.07) is 1.78. The summed E-state index contributed by atoms with van der Waals surface area (Å²) >= 11 is 0.